The van der Waals surface area contributed by atoms with Crippen LogP contribution in [0.15, 0.2) is 0 Å². The molecule has 0 saturated carbocycles. The van der Waals surface area contributed by atoms with Crippen molar-refractivity contribution in [1.82, 2.24) is 4.98 Å². The zero-order chi connectivity index (χ0) is 15.7. The van der Waals surface area contributed by atoms with Crippen molar-refractivity contribution in [2.45, 2.75) is 38.9 Å². The second kappa shape index (κ2) is 9.49. The Balaban J connectivity index is 2.53. The lowest BCUT2D eigenvalue weighted by Gasteiger charge is -2.26. The van der Waals surface area contributed by atoms with Gasteiger partial charge in [0.25, 0.3) is 0 Å². The van der Waals surface area contributed by atoms with E-state index in [1.807, 2.05) is 6.92 Å². The Morgan fingerprint density at radius 3 is 2.48 bits per heavy atom. The van der Waals surface area contributed by atoms with Crippen molar-refractivity contribution in [3.8, 4) is 0 Å². The Hall–Kier alpha value is -0.513. The van der Waals surface area contributed by atoms with Gasteiger partial charge in [-0.05, 0) is 12.8 Å². The highest BCUT2D eigenvalue weighted by molar-refractivity contribution is 6.57. The van der Waals surface area contributed by atoms with Gasteiger partial charge >= 0.3 is 14.9 Å². The summed E-state index contributed by atoms with van der Waals surface area (Å²) in [5.74, 6) is -0.519. The van der Waals surface area contributed by atoms with Crippen LogP contribution in [-0.4, -0.2) is 55.7 Å². The Kier molecular flexibility index (Phi) is 8.38. The van der Waals surface area contributed by atoms with Gasteiger partial charge in [-0.2, -0.15) is 0 Å². The number of ether oxygens (including phenoxy) is 2. The maximum atomic E-state index is 12.2. The number of esters is 1. The normalized spacial score (nSPS) is 20.5. The molecule has 0 aromatic carbocycles. The Morgan fingerprint density at radius 2 is 2.00 bits per heavy atom. The summed E-state index contributed by atoms with van der Waals surface area (Å²) in [4.78, 5) is 15.3. The van der Waals surface area contributed by atoms with Crippen LogP contribution in [-0.2, 0) is 27.5 Å². The second-order valence-corrected chi connectivity index (χ2v) is 7.61. The second-order valence-electron chi connectivity index (χ2n) is 4.91. The van der Waals surface area contributed by atoms with Crippen molar-refractivity contribution >= 4 is 14.9 Å². The van der Waals surface area contributed by atoms with Crippen LogP contribution in [0.1, 0.15) is 32.6 Å². The highest BCUT2D eigenvalue weighted by atomic mass is 28.4. The van der Waals surface area contributed by atoms with Gasteiger partial charge in [0, 0.05) is 34.3 Å². The van der Waals surface area contributed by atoms with Crippen LogP contribution in [0.3, 0.4) is 0 Å². The summed E-state index contributed by atoms with van der Waals surface area (Å²) >= 11 is 0. The number of rotatable bonds is 10. The summed E-state index contributed by atoms with van der Waals surface area (Å²) in [5, 5.41) is 0. The molecule has 21 heavy (non-hydrogen) atoms. The van der Waals surface area contributed by atoms with Gasteiger partial charge in [0.05, 0.1) is 12.5 Å². The average Bonchev–Trinajstić information content (AvgIpc) is 3.00. The molecule has 0 radical (unpaired) electrons. The van der Waals surface area contributed by atoms with Crippen LogP contribution in [0.2, 0.25) is 0 Å². The summed E-state index contributed by atoms with van der Waals surface area (Å²) in [7, 11) is 1.67. The quantitative estimate of drug-likeness (QED) is 0.476. The Labute approximate surface area is 127 Å². The third-order valence-electron chi connectivity index (χ3n) is 3.48. The molecule has 1 aliphatic rings. The minimum absolute atomic E-state index is 0.248. The van der Waals surface area contributed by atoms with Crippen LogP contribution in [0, 0.1) is 5.92 Å². The summed E-state index contributed by atoms with van der Waals surface area (Å²) in [6.07, 6.45) is 2.91. The van der Waals surface area contributed by atoms with Gasteiger partial charge in [-0.25, -0.2) is 0 Å². The van der Waals surface area contributed by atoms with Crippen LogP contribution in [0.5, 0.6) is 0 Å². The van der Waals surface area contributed by atoms with Gasteiger partial charge in [0.1, 0.15) is 0 Å². The fourth-order valence-corrected chi connectivity index (χ4v) is 3.66. The van der Waals surface area contributed by atoms with E-state index in [-0.39, 0.29) is 11.9 Å². The largest absolute Gasteiger partial charge is 0.596 e. The van der Waals surface area contributed by atoms with Gasteiger partial charge in [-0.15, -0.1) is 0 Å². The van der Waals surface area contributed by atoms with Crippen molar-refractivity contribution in [3.63, 3.8) is 0 Å². The van der Waals surface area contributed by atoms with Crippen molar-refractivity contribution in [2.24, 2.45) is 5.92 Å². The number of nitrogens with one attached hydrogen (secondary N) is 1. The fraction of sp³-hybridized carbons (Fsp3) is 0.923. The SMILES string of the molecule is CCCC(CN[Si](OC)(OC)OC)C(=O)OC1CCCO1. The highest BCUT2D eigenvalue weighted by Gasteiger charge is 2.40. The molecule has 0 bridgehead atoms. The van der Waals surface area contributed by atoms with Gasteiger partial charge in [-0.1, -0.05) is 13.3 Å². The molecule has 0 aliphatic carbocycles. The first-order valence-electron chi connectivity index (χ1n) is 7.33. The molecule has 1 saturated heterocycles. The molecule has 7 nitrogen and oxygen atoms in total. The van der Waals surface area contributed by atoms with Gasteiger partial charge in [-0.3, -0.25) is 9.78 Å². The lowest BCUT2D eigenvalue weighted by Crippen LogP contribution is -2.58. The van der Waals surface area contributed by atoms with E-state index >= 15 is 0 Å². The molecule has 1 heterocycles. The molecule has 1 rings (SSSR count). The summed E-state index contributed by atoms with van der Waals surface area (Å²) in [6.45, 7) is 3.07. The van der Waals surface area contributed by atoms with E-state index in [0.29, 0.717) is 13.2 Å². The minimum atomic E-state index is -2.89. The van der Waals surface area contributed by atoms with Crippen LogP contribution in [0.4, 0.5) is 0 Å². The maximum absolute atomic E-state index is 12.2. The highest BCUT2D eigenvalue weighted by Crippen LogP contribution is 2.17. The van der Waals surface area contributed by atoms with E-state index in [0.717, 1.165) is 25.7 Å². The molecule has 124 valence electrons. The molecule has 0 aromatic heterocycles. The van der Waals surface area contributed by atoms with E-state index in [2.05, 4.69) is 4.98 Å². The molecule has 0 spiro atoms. The number of carbonyl (C=O) groups is 1. The summed E-state index contributed by atoms with van der Waals surface area (Å²) in [5.41, 5.74) is 0. The van der Waals surface area contributed by atoms with E-state index in [4.69, 9.17) is 22.8 Å². The number of carbonyl (C=O) groups excluding carboxylic acids is 1. The van der Waals surface area contributed by atoms with Crippen LogP contribution in [0.25, 0.3) is 0 Å². The van der Waals surface area contributed by atoms with E-state index in [9.17, 15) is 4.79 Å². The monoisotopic (exact) mass is 321 g/mol. The molecule has 0 amide bonds. The maximum Gasteiger partial charge on any atom is 0.596 e. The van der Waals surface area contributed by atoms with Gasteiger partial charge in [0.15, 0.2) is 0 Å². The first kappa shape index (κ1) is 18.5. The number of hydrogen-bond acceptors (Lipinski definition) is 7. The molecule has 0 aromatic rings. The van der Waals surface area contributed by atoms with Crippen molar-refractivity contribution in [2.75, 3.05) is 34.5 Å². The minimum Gasteiger partial charge on any atom is -0.436 e. The van der Waals surface area contributed by atoms with Crippen molar-refractivity contribution < 1.29 is 27.5 Å². The van der Waals surface area contributed by atoms with Crippen LogP contribution < -0.4 is 4.98 Å². The molecular formula is C13H27NO6Si. The number of hydrogen-bond donors (Lipinski definition) is 1. The first-order valence-corrected chi connectivity index (χ1v) is 9.05. The molecule has 2 atom stereocenters. The predicted octanol–water partition coefficient (Wildman–Crippen LogP) is 1.05. The molecular weight excluding hydrogens is 294 g/mol. The average molecular weight is 321 g/mol. The smallest absolute Gasteiger partial charge is 0.436 e. The van der Waals surface area contributed by atoms with E-state index < -0.39 is 15.3 Å². The topological polar surface area (TPSA) is 75.2 Å². The molecule has 1 N–H and O–H groups in total. The van der Waals surface area contributed by atoms with E-state index in [1.165, 1.54) is 21.3 Å². The van der Waals surface area contributed by atoms with Crippen LogP contribution >= 0.6 is 0 Å². The first-order chi connectivity index (χ1) is 10.1. The lowest BCUT2D eigenvalue weighted by molar-refractivity contribution is -0.174. The molecule has 1 fully saturated rings. The lowest BCUT2D eigenvalue weighted by atomic mass is 10.0. The summed E-state index contributed by atoms with van der Waals surface area (Å²) < 4.78 is 26.6. The summed E-state index contributed by atoms with van der Waals surface area (Å²) in [6, 6.07) is 0. The predicted molar refractivity (Wildman–Crippen MR) is 78.2 cm³/mol. The molecule has 1 aliphatic heterocycles. The zero-order valence-electron chi connectivity index (χ0n) is 13.3. The third-order valence-corrected chi connectivity index (χ3v) is 5.73. The third kappa shape index (κ3) is 5.65. The van der Waals surface area contributed by atoms with Gasteiger partial charge < -0.3 is 22.8 Å². The fourth-order valence-electron chi connectivity index (χ4n) is 2.23. The standard InChI is InChI=1S/C13H27NO6Si/c1-5-7-11(10-14-21(16-2,17-3)18-4)13(15)20-12-8-6-9-19-12/h11-12,14H,5-10H2,1-4H3. The van der Waals surface area contributed by atoms with Crippen molar-refractivity contribution in [3.05, 3.63) is 0 Å². The van der Waals surface area contributed by atoms with E-state index in [1.54, 1.807) is 0 Å². The van der Waals surface area contributed by atoms with Crippen molar-refractivity contribution in [1.29, 1.82) is 0 Å². The molecule has 2 unspecified atom stereocenters. The Morgan fingerprint density at radius 1 is 1.33 bits per heavy atom. The Bertz CT molecular complexity index is 299. The molecule has 8 heteroatoms. The zero-order valence-corrected chi connectivity index (χ0v) is 14.3. The van der Waals surface area contributed by atoms with Gasteiger partial charge in [0.2, 0.25) is 6.29 Å².